The molecule has 1 rings (SSSR count). The second-order valence-corrected chi connectivity index (χ2v) is 7.82. The Morgan fingerprint density at radius 2 is 2.19 bits per heavy atom. The summed E-state index contributed by atoms with van der Waals surface area (Å²) in [5.74, 6) is 0. The molecule has 1 aliphatic rings. The number of hydrogen-bond acceptors (Lipinski definition) is 6. The van der Waals surface area contributed by atoms with Crippen LogP contribution in [0.3, 0.4) is 0 Å². The van der Waals surface area contributed by atoms with Crippen LogP contribution >= 0.6 is 21.8 Å². The van der Waals surface area contributed by atoms with Crippen LogP contribution in [0.1, 0.15) is 19.8 Å². The average molecular weight is 284 g/mol. The molecule has 16 heavy (non-hydrogen) atoms. The van der Waals surface area contributed by atoms with E-state index in [4.69, 9.17) is 4.55 Å². The molecule has 1 atom stereocenters. The van der Waals surface area contributed by atoms with Crippen molar-refractivity contribution in [3.8, 4) is 0 Å². The van der Waals surface area contributed by atoms with Crippen LogP contribution in [-0.2, 0) is 10.1 Å². The molecule has 1 unspecified atom stereocenters. The van der Waals surface area contributed by atoms with E-state index in [9.17, 15) is 8.42 Å². The summed E-state index contributed by atoms with van der Waals surface area (Å²) in [4.78, 5) is 1.98. The quantitative estimate of drug-likeness (QED) is 0.454. The normalized spacial score (nSPS) is 18.2. The first kappa shape index (κ1) is 14.0. The molecule has 0 amide bonds. The lowest BCUT2D eigenvalue weighted by atomic mass is 10.4. The topological polar surface area (TPSA) is 60.9 Å². The van der Waals surface area contributed by atoms with Crippen molar-refractivity contribution in [2.45, 2.75) is 24.3 Å². The second-order valence-electron chi connectivity index (χ2n) is 3.52. The van der Waals surface area contributed by atoms with E-state index in [0.717, 1.165) is 13.1 Å². The van der Waals surface area contributed by atoms with Crippen molar-refractivity contribution in [1.29, 1.82) is 0 Å². The molecule has 0 aliphatic carbocycles. The fourth-order valence-corrected chi connectivity index (χ4v) is 5.35. The van der Waals surface area contributed by atoms with Crippen LogP contribution in [0.2, 0.25) is 0 Å². The van der Waals surface area contributed by atoms with Gasteiger partial charge in [0.05, 0.1) is 0 Å². The van der Waals surface area contributed by atoms with Gasteiger partial charge in [0.25, 0.3) is 10.1 Å². The van der Waals surface area contributed by atoms with Gasteiger partial charge in [-0.15, -0.1) is 0 Å². The van der Waals surface area contributed by atoms with Crippen molar-refractivity contribution in [2.75, 3.05) is 13.7 Å². The highest BCUT2D eigenvalue weighted by molar-refractivity contribution is 8.77. The van der Waals surface area contributed by atoms with E-state index in [0.29, 0.717) is 6.42 Å². The smallest absolute Gasteiger partial charge is 0.278 e. The van der Waals surface area contributed by atoms with Crippen LogP contribution < -0.4 is 0 Å². The summed E-state index contributed by atoms with van der Waals surface area (Å²) in [6.45, 7) is 2.62. The zero-order chi connectivity index (χ0) is 12.2. The second kappa shape index (κ2) is 6.04. The fourth-order valence-electron chi connectivity index (χ4n) is 1.14. The molecule has 1 heterocycles. The standard InChI is InChI=1S/C8H16N2O3S3/c1-3-4-8(16(11,12)13)14-15-10-6-5-9(2)7-10/h5-6,8H,3-4,7H2,1-2H3,(H,11,12,13). The molecular formula is C8H16N2O3S3. The molecule has 5 nitrogen and oxygen atoms in total. The predicted octanol–water partition coefficient (Wildman–Crippen LogP) is 1.97. The van der Waals surface area contributed by atoms with Crippen molar-refractivity contribution in [3.63, 3.8) is 0 Å². The van der Waals surface area contributed by atoms with Gasteiger partial charge in [-0.25, -0.2) is 0 Å². The Morgan fingerprint density at radius 3 is 2.62 bits per heavy atom. The molecule has 0 aromatic heterocycles. The van der Waals surface area contributed by atoms with Crippen LogP contribution in [0.25, 0.3) is 0 Å². The Bertz CT molecular complexity index is 344. The molecule has 0 saturated heterocycles. The maximum Gasteiger partial charge on any atom is 0.278 e. The predicted molar refractivity (Wildman–Crippen MR) is 69.0 cm³/mol. The summed E-state index contributed by atoms with van der Waals surface area (Å²) in [6, 6.07) is 0. The number of rotatable bonds is 6. The van der Waals surface area contributed by atoms with Gasteiger partial charge in [0.1, 0.15) is 11.3 Å². The van der Waals surface area contributed by atoms with E-state index < -0.39 is 14.7 Å². The van der Waals surface area contributed by atoms with Gasteiger partial charge >= 0.3 is 0 Å². The molecule has 0 aromatic rings. The van der Waals surface area contributed by atoms with Crippen molar-refractivity contribution in [1.82, 2.24) is 9.21 Å². The minimum Gasteiger partial charge on any atom is -0.361 e. The van der Waals surface area contributed by atoms with E-state index in [1.165, 1.54) is 21.8 Å². The molecule has 0 spiro atoms. The third kappa shape index (κ3) is 4.44. The summed E-state index contributed by atoms with van der Waals surface area (Å²) in [5.41, 5.74) is 0. The molecule has 1 N–H and O–H groups in total. The molecule has 0 radical (unpaired) electrons. The van der Waals surface area contributed by atoms with Gasteiger partial charge in [-0.2, -0.15) is 8.42 Å². The monoisotopic (exact) mass is 284 g/mol. The fraction of sp³-hybridized carbons (Fsp3) is 0.750. The van der Waals surface area contributed by atoms with Crippen LogP contribution in [0.15, 0.2) is 12.4 Å². The lowest BCUT2D eigenvalue weighted by Crippen LogP contribution is -2.19. The van der Waals surface area contributed by atoms with Crippen molar-refractivity contribution in [3.05, 3.63) is 12.4 Å². The van der Waals surface area contributed by atoms with Gasteiger partial charge in [0, 0.05) is 30.4 Å². The van der Waals surface area contributed by atoms with Crippen LogP contribution in [0.4, 0.5) is 0 Å². The summed E-state index contributed by atoms with van der Waals surface area (Å²) in [7, 11) is 0.508. The zero-order valence-corrected chi connectivity index (χ0v) is 11.7. The van der Waals surface area contributed by atoms with Gasteiger partial charge in [0.2, 0.25) is 0 Å². The SMILES string of the molecule is CCCC(SSN1C=CN(C)C1)S(=O)(=O)O. The molecular weight excluding hydrogens is 268 g/mol. The van der Waals surface area contributed by atoms with Crippen molar-refractivity contribution in [2.24, 2.45) is 0 Å². The molecule has 0 fully saturated rings. The average Bonchev–Trinajstić information content (AvgIpc) is 2.57. The minimum absolute atomic E-state index is 0.462. The van der Waals surface area contributed by atoms with Gasteiger partial charge in [-0.05, 0) is 17.2 Å². The van der Waals surface area contributed by atoms with E-state index >= 15 is 0 Å². The summed E-state index contributed by atoms with van der Waals surface area (Å²) >= 11 is 0. The lowest BCUT2D eigenvalue weighted by molar-refractivity contribution is 0.411. The third-order valence-electron chi connectivity index (χ3n) is 1.95. The van der Waals surface area contributed by atoms with Crippen LogP contribution in [0.5, 0.6) is 0 Å². The van der Waals surface area contributed by atoms with E-state index in [2.05, 4.69) is 0 Å². The number of hydrogen-bond donors (Lipinski definition) is 1. The largest absolute Gasteiger partial charge is 0.361 e. The molecule has 0 bridgehead atoms. The molecule has 94 valence electrons. The van der Waals surface area contributed by atoms with Crippen LogP contribution in [-0.4, -0.2) is 40.5 Å². The van der Waals surface area contributed by atoms with E-state index in [1.54, 1.807) is 0 Å². The van der Waals surface area contributed by atoms with E-state index in [1.807, 2.05) is 35.6 Å². The number of nitrogens with zero attached hydrogens (tertiary/aromatic N) is 2. The molecule has 8 heteroatoms. The van der Waals surface area contributed by atoms with Crippen molar-refractivity contribution < 1.29 is 13.0 Å². The Balaban J connectivity index is 2.42. The van der Waals surface area contributed by atoms with Gasteiger partial charge < -0.3 is 4.90 Å². The highest BCUT2D eigenvalue weighted by Crippen LogP contribution is 2.36. The van der Waals surface area contributed by atoms with E-state index in [-0.39, 0.29) is 0 Å². The summed E-state index contributed by atoms with van der Waals surface area (Å²) < 4.78 is 32.3. The maximum absolute atomic E-state index is 11.1. The van der Waals surface area contributed by atoms with Gasteiger partial charge in [-0.1, -0.05) is 13.3 Å². The maximum atomic E-state index is 11.1. The Morgan fingerprint density at radius 1 is 1.50 bits per heavy atom. The van der Waals surface area contributed by atoms with Crippen molar-refractivity contribution >= 4 is 31.9 Å². The molecule has 0 aromatic carbocycles. The zero-order valence-electron chi connectivity index (χ0n) is 9.24. The Labute approximate surface area is 105 Å². The summed E-state index contributed by atoms with van der Waals surface area (Å²) in [5, 5.41) is 0. The minimum atomic E-state index is -3.95. The van der Waals surface area contributed by atoms with Crippen LogP contribution in [0, 0.1) is 0 Å². The third-order valence-corrected chi connectivity index (χ3v) is 6.73. The Hall–Kier alpha value is -0.0500. The van der Waals surface area contributed by atoms with Gasteiger partial charge in [-0.3, -0.25) is 8.86 Å². The Kier molecular flexibility index (Phi) is 5.29. The highest BCUT2D eigenvalue weighted by atomic mass is 33.1. The first-order valence-corrected chi connectivity index (χ1v) is 8.55. The summed E-state index contributed by atoms with van der Waals surface area (Å²) in [6.07, 6.45) is 4.98. The molecule has 1 aliphatic heterocycles. The van der Waals surface area contributed by atoms with Gasteiger partial charge in [0.15, 0.2) is 0 Å². The highest BCUT2D eigenvalue weighted by Gasteiger charge is 2.24. The lowest BCUT2D eigenvalue weighted by Gasteiger charge is -2.18. The first-order valence-electron chi connectivity index (χ1n) is 4.88. The molecule has 0 saturated carbocycles. The first-order chi connectivity index (χ1) is 7.43.